The molecule has 0 saturated heterocycles. The van der Waals surface area contributed by atoms with Crippen molar-refractivity contribution in [3.8, 4) is 0 Å². The summed E-state index contributed by atoms with van der Waals surface area (Å²) in [5, 5.41) is 2.59. The third kappa shape index (κ3) is 3.32. The van der Waals surface area contributed by atoms with Gasteiger partial charge in [0.05, 0.1) is 6.04 Å². The number of hydrogen-bond acceptors (Lipinski definition) is 2. The summed E-state index contributed by atoms with van der Waals surface area (Å²) >= 11 is 0. The maximum absolute atomic E-state index is 13.1. The number of amides is 1. The van der Waals surface area contributed by atoms with E-state index >= 15 is 0 Å². The number of carbonyl (C=O) groups excluding carboxylic acids is 1. The molecule has 4 heteroatoms. The van der Waals surface area contributed by atoms with Crippen LogP contribution in [0.25, 0.3) is 0 Å². The number of hydrogen-bond donors (Lipinski definition) is 2. The number of halogens is 1. The molecule has 0 saturated carbocycles. The fourth-order valence-electron chi connectivity index (χ4n) is 1.14. The molecule has 0 unspecified atom stereocenters. The van der Waals surface area contributed by atoms with Gasteiger partial charge in [0.1, 0.15) is 5.82 Å². The summed E-state index contributed by atoms with van der Waals surface area (Å²) in [6.07, 6.45) is 0.573. The minimum Gasteiger partial charge on any atom is -0.351 e. The Balaban J connectivity index is 2.51. The van der Waals surface area contributed by atoms with Gasteiger partial charge in [0.15, 0.2) is 0 Å². The zero-order chi connectivity index (χ0) is 11.3. The van der Waals surface area contributed by atoms with Gasteiger partial charge in [-0.25, -0.2) is 4.39 Å². The number of carbonyl (C=O) groups is 1. The maximum atomic E-state index is 13.1. The van der Waals surface area contributed by atoms with Crippen LogP contribution in [0.2, 0.25) is 0 Å². The van der Waals surface area contributed by atoms with Crippen LogP contribution in [0.4, 0.5) is 4.39 Å². The van der Waals surface area contributed by atoms with Crippen LogP contribution in [0.3, 0.4) is 0 Å². The molecule has 0 aliphatic carbocycles. The zero-order valence-corrected chi connectivity index (χ0v) is 8.66. The Kier molecular flexibility index (Phi) is 4.24. The third-order valence-corrected chi connectivity index (χ3v) is 2.19. The highest BCUT2D eigenvalue weighted by Crippen LogP contribution is 2.05. The second-order valence-electron chi connectivity index (χ2n) is 3.32. The van der Waals surface area contributed by atoms with Crippen molar-refractivity contribution in [3.63, 3.8) is 0 Å². The van der Waals surface area contributed by atoms with Gasteiger partial charge < -0.3 is 11.1 Å². The molecule has 1 rings (SSSR count). The van der Waals surface area contributed by atoms with E-state index < -0.39 is 6.04 Å². The number of nitrogens with two attached hydrogens (primary N) is 1. The van der Waals surface area contributed by atoms with Crippen LogP contribution in [-0.4, -0.2) is 11.9 Å². The van der Waals surface area contributed by atoms with Crippen LogP contribution in [-0.2, 0) is 11.3 Å². The predicted molar refractivity (Wildman–Crippen MR) is 56.5 cm³/mol. The van der Waals surface area contributed by atoms with Crippen molar-refractivity contribution >= 4 is 5.91 Å². The van der Waals surface area contributed by atoms with Crippen molar-refractivity contribution in [1.82, 2.24) is 5.32 Å². The number of rotatable bonds is 4. The Morgan fingerprint density at radius 1 is 1.53 bits per heavy atom. The minimum absolute atomic E-state index is 0.180. The predicted octanol–water partition coefficient (Wildman–Crippen LogP) is 1.18. The SMILES string of the molecule is CC[C@H](N)C(=O)NCc1ccccc1F. The molecule has 15 heavy (non-hydrogen) atoms. The molecule has 0 bridgehead atoms. The van der Waals surface area contributed by atoms with Crippen LogP contribution in [0, 0.1) is 5.82 Å². The van der Waals surface area contributed by atoms with E-state index in [2.05, 4.69) is 5.32 Å². The molecule has 82 valence electrons. The van der Waals surface area contributed by atoms with Gasteiger partial charge in [0.25, 0.3) is 0 Å². The number of benzene rings is 1. The molecule has 0 aliphatic rings. The third-order valence-electron chi connectivity index (χ3n) is 2.19. The van der Waals surface area contributed by atoms with Gasteiger partial charge in [-0.1, -0.05) is 25.1 Å². The highest BCUT2D eigenvalue weighted by atomic mass is 19.1. The summed E-state index contributed by atoms with van der Waals surface area (Å²) in [5.74, 6) is -0.566. The molecule has 1 aromatic rings. The van der Waals surface area contributed by atoms with Crippen LogP contribution in [0.1, 0.15) is 18.9 Å². The lowest BCUT2D eigenvalue weighted by molar-refractivity contribution is -0.122. The maximum Gasteiger partial charge on any atom is 0.237 e. The summed E-state index contributed by atoms with van der Waals surface area (Å²) in [6, 6.07) is 5.81. The van der Waals surface area contributed by atoms with Crippen LogP contribution >= 0.6 is 0 Å². The largest absolute Gasteiger partial charge is 0.351 e. The average molecular weight is 210 g/mol. The average Bonchev–Trinajstić information content (AvgIpc) is 2.26. The normalized spacial score (nSPS) is 12.2. The first-order valence-corrected chi connectivity index (χ1v) is 4.91. The van der Waals surface area contributed by atoms with Crippen molar-refractivity contribution in [2.75, 3.05) is 0 Å². The Morgan fingerprint density at radius 3 is 2.80 bits per heavy atom. The van der Waals surface area contributed by atoms with Crippen molar-refractivity contribution in [1.29, 1.82) is 0 Å². The van der Waals surface area contributed by atoms with E-state index in [4.69, 9.17) is 5.73 Å². The summed E-state index contributed by atoms with van der Waals surface area (Å²) in [7, 11) is 0. The summed E-state index contributed by atoms with van der Waals surface area (Å²) < 4.78 is 13.1. The molecular weight excluding hydrogens is 195 g/mol. The highest BCUT2D eigenvalue weighted by Gasteiger charge is 2.10. The quantitative estimate of drug-likeness (QED) is 0.784. The van der Waals surface area contributed by atoms with Crippen molar-refractivity contribution in [2.24, 2.45) is 5.73 Å². The molecule has 0 radical (unpaired) electrons. The lowest BCUT2D eigenvalue weighted by Crippen LogP contribution is -2.39. The molecule has 1 amide bonds. The van der Waals surface area contributed by atoms with Gasteiger partial charge in [0, 0.05) is 12.1 Å². The fraction of sp³-hybridized carbons (Fsp3) is 0.364. The summed E-state index contributed by atoms with van der Waals surface area (Å²) in [4.78, 5) is 11.3. The van der Waals surface area contributed by atoms with E-state index in [1.807, 2.05) is 6.92 Å². The monoisotopic (exact) mass is 210 g/mol. The van der Waals surface area contributed by atoms with Gasteiger partial charge in [-0.2, -0.15) is 0 Å². The van der Waals surface area contributed by atoms with Gasteiger partial charge in [0.2, 0.25) is 5.91 Å². The smallest absolute Gasteiger partial charge is 0.237 e. The van der Waals surface area contributed by atoms with E-state index in [9.17, 15) is 9.18 Å². The van der Waals surface area contributed by atoms with E-state index in [1.54, 1.807) is 18.2 Å². The summed E-state index contributed by atoms with van der Waals surface area (Å²) in [5.41, 5.74) is 5.98. The first-order chi connectivity index (χ1) is 7.15. The molecule has 0 fully saturated rings. The Hall–Kier alpha value is -1.42. The van der Waals surface area contributed by atoms with Gasteiger partial charge in [-0.05, 0) is 12.5 Å². The zero-order valence-electron chi connectivity index (χ0n) is 8.66. The Morgan fingerprint density at radius 2 is 2.20 bits per heavy atom. The molecule has 0 aromatic heterocycles. The van der Waals surface area contributed by atoms with E-state index in [1.165, 1.54) is 6.07 Å². The van der Waals surface area contributed by atoms with Gasteiger partial charge in [-0.15, -0.1) is 0 Å². The highest BCUT2D eigenvalue weighted by molar-refractivity contribution is 5.81. The Labute approximate surface area is 88.5 Å². The second kappa shape index (κ2) is 5.46. The van der Waals surface area contributed by atoms with Crippen molar-refractivity contribution in [2.45, 2.75) is 25.9 Å². The fourth-order valence-corrected chi connectivity index (χ4v) is 1.14. The molecule has 3 nitrogen and oxygen atoms in total. The number of nitrogens with one attached hydrogen (secondary N) is 1. The van der Waals surface area contributed by atoms with Crippen LogP contribution in [0.15, 0.2) is 24.3 Å². The summed E-state index contributed by atoms with van der Waals surface area (Å²) in [6.45, 7) is 2.01. The Bertz CT molecular complexity index is 341. The molecule has 0 aliphatic heterocycles. The van der Waals surface area contributed by atoms with E-state index in [-0.39, 0.29) is 18.3 Å². The minimum atomic E-state index is -0.517. The van der Waals surface area contributed by atoms with Crippen molar-refractivity contribution < 1.29 is 9.18 Å². The molecule has 0 heterocycles. The topological polar surface area (TPSA) is 55.1 Å². The van der Waals surface area contributed by atoms with Gasteiger partial charge >= 0.3 is 0 Å². The van der Waals surface area contributed by atoms with Crippen molar-refractivity contribution in [3.05, 3.63) is 35.6 Å². The molecule has 3 N–H and O–H groups in total. The van der Waals surface area contributed by atoms with Crippen LogP contribution < -0.4 is 11.1 Å². The van der Waals surface area contributed by atoms with Crippen LogP contribution in [0.5, 0.6) is 0 Å². The first-order valence-electron chi connectivity index (χ1n) is 4.91. The lowest BCUT2D eigenvalue weighted by atomic mass is 10.2. The van der Waals surface area contributed by atoms with Gasteiger partial charge in [-0.3, -0.25) is 4.79 Å². The second-order valence-corrected chi connectivity index (χ2v) is 3.32. The first kappa shape index (κ1) is 11.7. The van der Waals surface area contributed by atoms with E-state index in [0.29, 0.717) is 12.0 Å². The van der Waals surface area contributed by atoms with E-state index in [0.717, 1.165) is 0 Å². The lowest BCUT2D eigenvalue weighted by Gasteiger charge is -2.10. The molecule has 0 spiro atoms. The molecular formula is C11H15FN2O. The molecule has 1 aromatic carbocycles. The standard InChI is InChI=1S/C11H15FN2O/c1-2-10(13)11(15)14-7-8-5-3-4-6-9(8)12/h3-6,10H,2,7,13H2,1H3,(H,14,15)/t10-/m0/s1. The molecule has 1 atom stereocenters.